The van der Waals surface area contributed by atoms with Gasteiger partial charge >= 0.3 is 5.97 Å². The molecular weight excluding hydrogens is 280 g/mol. The summed E-state index contributed by atoms with van der Waals surface area (Å²) in [5, 5.41) is 12.7. The van der Waals surface area contributed by atoms with Gasteiger partial charge in [-0.1, -0.05) is 0 Å². The SMILES string of the molecule is CCN(C)C(=O)CNC(=O)c1csc(/C=C/C(=O)O)c1. The fraction of sp³-hybridized carbons (Fsp3) is 0.308. The van der Waals surface area contributed by atoms with E-state index in [2.05, 4.69) is 5.32 Å². The van der Waals surface area contributed by atoms with E-state index in [4.69, 9.17) is 5.11 Å². The van der Waals surface area contributed by atoms with Crippen molar-refractivity contribution in [1.82, 2.24) is 10.2 Å². The Bertz CT molecular complexity index is 536. The van der Waals surface area contributed by atoms with Gasteiger partial charge in [-0.25, -0.2) is 4.79 Å². The second kappa shape index (κ2) is 7.44. The first-order chi connectivity index (χ1) is 9.43. The number of thiophene rings is 1. The molecule has 0 aliphatic rings. The minimum Gasteiger partial charge on any atom is -0.478 e. The van der Waals surface area contributed by atoms with Gasteiger partial charge in [0.15, 0.2) is 0 Å². The summed E-state index contributed by atoms with van der Waals surface area (Å²) in [5.41, 5.74) is 0.409. The van der Waals surface area contributed by atoms with Crippen LogP contribution in [0.2, 0.25) is 0 Å². The molecule has 20 heavy (non-hydrogen) atoms. The summed E-state index contributed by atoms with van der Waals surface area (Å²) in [7, 11) is 1.66. The highest BCUT2D eigenvalue weighted by atomic mass is 32.1. The summed E-state index contributed by atoms with van der Waals surface area (Å²) >= 11 is 1.26. The lowest BCUT2D eigenvalue weighted by molar-refractivity contribution is -0.131. The highest BCUT2D eigenvalue weighted by molar-refractivity contribution is 7.11. The Balaban J connectivity index is 2.56. The summed E-state index contributed by atoms with van der Waals surface area (Å²) in [5.74, 6) is -1.56. The van der Waals surface area contributed by atoms with E-state index >= 15 is 0 Å². The summed E-state index contributed by atoms with van der Waals surface area (Å²) in [4.78, 5) is 35.9. The first kappa shape index (κ1) is 15.9. The predicted octanol–water partition coefficient (Wildman–Crippen LogP) is 1.05. The molecule has 108 valence electrons. The van der Waals surface area contributed by atoms with E-state index in [0.29, 0.717) is 17.0 Å². The van der Waals surface area contributed by atoms with Crippen LogP contribution in [-0.2, 0) is 9.59 Å². The fourth-order valence-electron chi connectivity index (χ4n) is 1.28. The van der Waals surface area contributed by atoms with Crippen LogP contribution in [0.5, 0.6) is 0 Å². The maximum absolute atomic E-state index is 11.8. The maximum atomic E-state index is 11.8. The van der Waals surface area contributed by atoms with Crippen molar-refractivity contribution in [1.29, 1.82) is 0 Å². The third kappa shape index (κ3) is 4.85. The van der Waals surface area contributed by atoms with Crippen LogP contribution in [0.1, 0.15) is 22.2 Å². The predicted molar refractivity (Wildman–Crippen MR) is 76.6 cm³/mol. The third-order valence-electron chi connectivity index (χ3n) is 2.57. The molecule has 2 N–H and O–H groups in total. The normalized spacial score (nSPS) is 10.5. The largest absolute Gasteiger partial charge is 0.478 e. The molecule has 1 aromatic rings. The van der Waals surface area contributed by atoms with Crippen LogP contribution in [0, 0.1) is 0 Å². The monoisotopic (exact) mass is 296 g/mol. The topological polar surface area (TPSA) is 86.7 Å². The molecule has 2 amide bonds. The molecule has 0 spiro atoms. The lowest BCUT2D eigenvalue weighted by Crippen LogP contribution is -2.37. The average molecular weight is 296 g/mol. The Kier molecular flexibility index (Phi) is 5.92. The molecule has 0 bridgehead atoms. The number of carbonyl (C=O) groups excluding carboxylic acids is 2. The number of rotatable bonds is 6. The van der Waals surface area contributed by atoms with E-state index in [0.717, 1.165) is 6.08 Å². The van der Waals surface area contributed by atoms with E-state index < -0.39 is 5.97 Å². The molecule has 6 nitrogen and oxygen atoms in total. The van der Waals surface area contributed by atoms with Crippen LogP contribution in [0.15, 0.2) is 17.5 Å². The standard InChI is InChI=1S/C13H16N2O4S/c1-3-15(2)11(16)7-14-13(19)9-6-10(20-8-9)4-5-12(17)18/h4-6,8H,3,7H2,1-2H3,(H,14,19)(H,17,18)/b5-4+. The van der Waals surface area contributed by atoms with Crippen LogP contribution >= 0.6 is 11.3 Å². The zero-order valence-electron chi connectivity index (χ0n) is 11.3. The van der Waals surface area contributed by atoms with Crippen molar-refractivity contribution in [2.24, 2.45) is 0 Å². The number of carbonyl (C=O) groups is 3. The van der Waals surface area contributed by atoms with Gasteiger partial charge < -0.3 is 15.3 Å². The zero-order valence-corrected chi connectivity index (χ0v) is 12.1. The fourth-order valence-corrected chi connectivity index (χ4v) is 2.06. The molecule has 0 aromatic carbocycles. The van der Waals surface area contributed by atoms with E-state index in [1.807, 2.05) is 6.92 Å². The van der Waals surface area contributed by atoms with Crippen molar-refractivity contribution in [2.75, 3.05) is 20.1 Å². The minimum absolute atomic E-state index is 0.0562. The Hall–Kier alpha value is -2.15. The maximum Gasteiger partial charge on any atom is 0.328 e. The summed E-state index contributed by atoms with van der Waals surface area (Å²) < 4.78 is 0. The summed E-state index contributed by atoms with van der Waals surface area (Å²) in [6, 6.07) is 1.58. The number of amides is 2. The van der Waals surface area contributed by atoms with Crippen molar-refractivity contribution < 1.29 is 19.5 Å². The van der Waals surface area contributed by atoms with Gasteiger partial charge in [0.25, 0.3) is 5.91 Å². The number of nitrogens with zero attached hydrogens (tertiary/aromatic N) is 1. The molecule has 0 saturated heterocycles. The highest BCUT2D eigenvalue weighted by Crippen LogP contribution is 2.16. The smallest absolute Gasteiger partial charge is 0.328 e. The van der Waals surface area contributed by atoms with Gasteiger partial charge in [-0.3, -0.25) is 9.59 Å². The van der Waals surface area contributed by atoms with Crippen molar-refractivity contribution >= 4 is 35.2 Å². The van der Waals surface area contributed by atoms with Gasteiger partial charge in [-0.2, -0.15) is 0 Å². The lowest BCUT2D eigenvalue weighted by Gasteiger charge is -2.14. The number of hydrogen-bond donors (Lipinski definition) is 2. The van der Waals surface area contributed by atoms with Gasteiger partial charge in [0.2, 0.25) is 5.91 Å². The van der Waals surface area contributed by atoms with Crippen LogP contribution in [0.25, 0.3) is 6.08 Å². The van der Waals surface area contributed by atoms with Gasteiger partial charge in [-0.15, -0.1) is 11.3 Å². The van der Waals surface area contributed by atoms with Crippen molar-refractivity contribution in [3.63, 3.8) is 0 Å². The third-order valence-corrected chi connectivity index (χ3v) is 3.47. The molecule has 7 heteroatoms. The van der Waals surface area contributed by atoms with E-state index in [1.54, 1.807) is 18.5 Å². The Morgan fingerprint density at radius 1 is 1.45 bits per heavy atom. The number of hydrogen-bond acceptors (Lipinski definition) is 4. The quantitative estimate of drug-likeness (QED) is 0.768. The van der Waals surface area contributed by atoms with Gasteiger partial charge in [-0.05, 0) is 19.1 Å². The first-order valence-corrected chi connectivity index (χ1v) is 6.83. The molecular formula is C13H16N2O4S. The second-order valence-corrected chi connectivity index (χ2v) is 4.94. The molecule has 0 aliphatic carbocycles. The number of carboxylic acid groups (broad SMARTS) is 1. The van der Waals surface area contributed by atoms with Crippen molar-refractivity contribution in [3.8, 4) is 0 Å². The molecule has 0 saturated carbocycles. The number of aliphatic carboxylic acids is 1. The van der Waals surface area contributed by atoms with Gasteiger partial charge in [0.05, 0.1) is 12.1 Å². The van der Waals surface area contributed by atoms with Crippen LogP contribution in [0.4, 0.5) is 0 Å². The average Bonchev–Trinajstić information content (AvgIpc) is 2.90. The van der Waals surface area contributed by atoms with Gasteiger partial charge in [0, 0.05) is 29.9 Å². The summed E-state index contributed by atoms with van der Waals surface area (Å²) in [6.07, 6.45) is 2.42. The van der Waals surface area contributed by atoms with Crippen molar-refractivity contribution in [3.05, 3.63) is 28.0 Å². The first-order valence-electron chi connectivity index (χ1n) is 5.95. The number of likely N-dealkylation sites (N-methyl/N-ethyl adjacent to an activating group) is 1. The second-order valence-electron chi connectivity index (χ2n) is 4.00. The Morgan fingerprint density at radius 3 is 2.75 bits per heavy atom. The van der Waals surface area contributed by atoms with E-state index in [9.17, 15) is 14.4 Å². The molecule has 0 fully saturated rings. The zero-order chi connectivity index (χ0) is 15.1. The summed E-state index contributed by atoms with van der Waals surface area (Å²) in [6.45, 7) is 2.37. The van der Waals surface area contributed by atoms with E-state index in [-0.39, 0.29) is 18.4 Å². The molecule has 0 radical (unpaired) electrons. The van der Waals surface area contributed by atoms with Crippen LogP contribution < -0.4 is 5.32 Å². The van der Waals surface area contributed by atoms with Crippen molar-refractivity contribution in [2.45, 2.75) is 6.92 Å². The Labute approximate surface area is 120 Å². The van der Waals surface area contributed by atoms with E-state index in [1.165, 1.54) is 22.3 Å². The highest BCUT2D eigenvalue weighted by Gasteiger charge is 2.11. The van der Waals surface area contributed by atoms with Crippen LogP contribution in [0.3, 0.4) is 0 Å². The molecule has 1 aromatic heterocycles. The number of carboxylic acids is 1. The lowest BCUT2D eigenvalue weighted by atomic mass is 10.3. The molecule has 1 rings (SSSR count). The Morgan fingerprint density at radius 2 is 2.15 bits per heavy atom. The number of nitrogens with one attached hydrogen (secondary N) is 1. The van der Waals surface area contributed by atoms with Crippen LogP contribution in [-0.4, -0.2) is 47.9 Å². The molecule has 0 aliphatic heterocycles. The van der Waals surface area contributed by atoms with Gasteiger partial charge in [0.1, 0.15) is 0 Å². The molecule has 1 heterocycles. The molecule has 0 unspecified atom stereocenters. The minimum atomic E-state index is -1.04. The molecule has 0 atom stereocenters.